The third-order valence-electron chi connectivity index (χ3n) is 5.98. The molecule has 1 aliphatic rings. The molecule has 2 heterocycles. The molecule has 1 fully saturated rings. The van der Waals surface area contributed by atoms with Gasteiger partial charge in [-0.15, -0.1) is 0 Å². The largest absolute Gasteiger partial charge is 0.493 e. The lowest BCUT2D eigenvalue weighted by Gasteiger charge is -2.19. The quantitative estimate of drug-likeness (QED) is 0.481. The van der Waals surface area contributed by atoms with E-state index in [9.17, 15) is 4.79 Å². The highest BCUT2D eigenvalue weighted by molar-refractivity contribution is 5.81. The monoisotopic (exact) mass is 435 g/mol. The van der Waals surface area contributed by atoms with Gasteiger partial charge in [-0.25, -0.2) is 4.98 Å². The van der Waals surface area contributed by atoms with E-state index in [1.165, 1.54) is 5.56 Å². The second-order valence-electron chi connectivity index (χ2n) is 8.74. The van der Waals surface area contributed by atoms with E-state index in [0.29, 0.717) is 19.1 Å². The van der Waals surface area contributed by atoms with Crippen molar-refractivity contribution >= 4 is 16.9 Å². The number of aryl methyl sites for hydroxylation is 1. The average Bonchev–Trinajstić information content (AvgIpc) is 3.45. The van der Waals surface area contributed by atoms with E-state index in [1.54, 1.807) is 0 Å². The van der Waals surface area contributed by atoms with Gasteiger partial charge in [-0.05, 0) is 55.9 Å². The normalized spacial score (nSPS) is 17.1. The first-order chi connectivity index (χ1) is 15.5. The molecule has 1 aromatic heterocycles. The van der Waals surface area contributed by atoms with E-state index in [4.69, 9.17) is 14.5 Å². The molecule has 0 spiro atoms. The summed E-state index contributed by atoms with van der Waals surface area (Å²) < 4.78 is 13.9. The fraction of sp³-hybridized carbons (Fsp3) is 0.462. The van der Waals surface area contributed by atoms with Crippen LogP contribution in [0.1, 0.15) is 63.4 Å². The van der Waals surface area contributed by atoms with Gasteiger partial charge >= 0.3 is 0 Å². The van der Waals surface area contributed by atoms with Crippen LogP contribution >= 0.6 is 0 Å². The molecule has 6 heteroatoms. The van der Waals surface area contributed by atoms with Crippen molar-refractivity contribution < 1.29 is 14.3 Å². The summed E-state index contributed by atoms with van der Waals surface area (Å²) in [6, 6.07) is 16.1. The number of carbonyl (C=O) groups is 1. The molecule has 2 unspecified atom stereocenters. The first-order valence-electron chi connectivity index (χ1n) is 11.6. The number of hydrogen-bond donors (Lipinski definition) is 1. The van der Waals surface area contributed by atoms with Crippen LogP contribution in [0, 0.1) is 0 Å². The van der Waals surface area contributed by atoms with Crippen LogP contribution in [-0.2, 0) is 16.1 Å². The summed E-state index contributed by atoms with van der Waals surface area (Å²) in [7, 11) is 0. The molecule has 0 bridgehead atoms. The number of amides is 1. The minimum Gasteiger partial charge on any atom is -0.493 e. The summed E-state index contributed by atoms with van der Waals surface area (Å²) in [6.45, 7) is 8.38. The molecule has 1 N–H and O–H groups in total. The Morgan fingerprint density at radius 1 is 1.19 bits per heavy atom. The first-order valence-corrected chi connectivity index (χ1v) is 11.6. The lowest BCUT2D eigenvalue weighted by Crippen LogP contribution is -2.36. The topological polar surface area (TPSA) is 65.4 Å². The number of ether oxygens (including phenoxy) is 2. The molecule has 2 atom stereocenters. The summed E-state index contributed by atoms with van der Waals surface area (Å²) in [6.07, 6.45) is 2.21. The number of carbonyl (C=O) groups excluding carboxylic acids is 1. The Morgan fingerprint density at radius 3 is 2.75 bits per heavy atom. The molecule has 3 aromatic rings. The maximum Gasteiger partial charge on any atom is 0.249 e. The number of aromatic nitrogens is 2. The van der Waals surface area contributed by atoms with Gasteiger partial charge in [0.15, 0.2) is 0 Å². The minimum atomic E-state index is -0.343. The van der Waals surface area contributed by atoms with Gasteiger partial charge in [0.05, 0.1) is 23.7 Å². The highest BCUT2D eigenvalue weighted by Crippen LogP contribution is 2.26. The van der Waals surface area contributed by atoms with Crippen LogP contribution in [-0.4, -0.2) is 34.8 Å². The summed E-state index contributed by atoms with van der Waals surface area (Å²) in [5.74, 6) is 2.18. The van der Waals surface area contributed by atoms with Crippen LogP contribution in [0.3, 0.4) is 0 Å². The number of nitrogens with one attached hydrogen (secondary N) is 1. The average molecular weight is 436 g/mol. The Morgan fingerprint density at radius 2 is 1.97 bits per heavy atom. The number of hydrogen-bond acceptors (Lipinski definition) is 4. The number of para-hydroxylation sites is 3. The van der Waals surface area contributed by atoms with Crippen LogP contribution in [0.15, 0.2) is 48.5 Å². The van der Waals surface area contributed by atoms with Gasteiger partial charge in [0.2, 0.25) is 5.91 Å². The second kappa shape index (κ2) is 10.2. The first kappa shape index (κ1) is 22.3. The Bertz CT molecular complexity index is 1050. The van der Waals surface area contributed by atoms with Crippen molar-refractivity contribution in [2.75, 3.05) is 13.2 Å². The predicted octanol–water partition coefficient (Wildman–Crippen LogP) is 4.99. The molecular formula is C26H33N3O3. The molecular weight excluding hydrogens is 402 g/mol. The number of benzene rings is 2. The van der Waals surface area contributed by atoms with Crippen LogP contribution in [0.2, 0.25) is 0 Å². The lowest BCUT2D eigenvalue weighted by molar-refractivity contribution is -0.130. The fourth-order valence-electron chi connectivity index (χ4n) is 4.31. The third kappa shape index (κ3) is 4.96. The number of rotatable bonds is 9. The van der Waals surface area contributed by atoms with Crippen LogP contribution in [0.5, 0.6) is 5.75 Å². The van der Waals surface area contributed by atoms with Gasteiger partial charge in [-0.3, -0.25) is 4.79 Å². The molecule has 1 amide bonds. The highest BCUT2D eigenvalue weighted by atomic mass is 16.5. The Hall–Kier alpha value is -2.86. The summed E-state index contributed by atoms with van der Waals surface area (Å²) in [5.41, 5.74) is 3.24. The fourth-order valence-corrected chi connectivity index (χ4v) is 4.31. The van der Waals surface area contributed by atoms with E-state index < -0.39 is 0 Å². The number of fused-ring (bicyclic) bond motifs is 1. The number of nitrogens with zero attached hydrogens (tertiary/aromatic N) is 2. The van der Waals surface area contributed by atoms with Crippen molar-refractivity contribution in [1.29, 1.82) is 0 Å². The van der Waals surface area contributed by atoms with Gasteiger partial charge in [0, 0.05) is 13.2 Å². The van der Waals surface area contributed by atoms with Crippen molar-refractivity contribution in [1.82, 2.24) is 14.9 Å². The molecule has 1 aliphatic heterocycles. The van der Waals surface area contributed by atoms with Crippen molar-refractivity contribution in [2.24, 2.45) is 0 Å². The molecule has 0 radical (unpaired) electrons. The Kier molecular flexibility index (Phi) is 7.10. The van der Waals surface area contributed by atoms with Gasteiger partial charge < -0.3 is 19.4 Å². The SMILES string of the molecule is CC(C)c1ccccc1OCCCn1c(C(C)NC(=O)C2CCCO2)nc2ccccc21. The van der Waals surface area contributed by atoms with Crippen molar-refractivity contribution in [3.8, 4) is 5.75 Å². The molecule has 4 rings (SSSR count). The standard InChI is InChI=1S/C26H33N3O3/c1-18(2)20-10-4-7-13-23(20)31-17-9-15-29-22-12-6-5-11-21(22)28-25(29)19(3)27-26(30)24-14-8-16-32-24/h4-7,10-13,18-19,24H,8-9,14-17H2,1-3H3,(H,27,30). The zero-order valence-electron chi connectivity index (χ0n) is 19.2. The zero-order chi connectivity index (χ0) is 22.5. The lowest BCUT2D eigenvalue weighted by atomic mass is 10.0. The van der Waals surface area contributed by atoms with E-state index in [2.05, 4.69) is 41.9 Å². The number of imidazole rings is 1. The van der Waals surface area contributed by atoms with E-state index >= 15 is 0 Å². The van der Waals surface area contributed by atoms with E-state index in [-0.39, 0.29) is 18.1 Å². The maximum atomic E-state index is 12.6. The van der Waals surface area contributed by atoms with Crippen LogP contribution in [0.25, 0.3) is 11.0 Å². The van der Waals surface area contributed by atoms with Gasteiger partial charge in [-0.1, -0.05) is 44.2 Å². The van der Waals surface area contributed by atoms with Crippen LogP contribution < -0.4 is 10.1 Å². The van der Waals surface area contributed by atoms with Crippen molar-refractivity contribution in [3.05, 3.63) is 59.9 Å². The Labute approximate surface area is 189 Å². The van der Waals surface area contributed by atoms with Crippen molar-refractivity contribution in [2.45, 2.75) is 64.6 Å². The van der Waals surface area contributed by atoms with E-state index in [1.807, 2.05) is 37.3 Å². The van der Waals surface area contributed by atoms with Gasteiger partial charge in [-0.2, -0.15) is 0 Å². The van der Waals surface area contributed by atoms with Crippen molar-refractivity contribution in [3.63, 3.8) is 0 Å². The van der Waals surface area contributed by atoms with E-state index in [0.717, 1.165) is 48.4 Å². The molecule has 2 aromatic carbocycles. The summed E-state index contributed by atoms with van der Waals surface area (Å²) in [4.78, 5) is 17.4. The maximum absolute atomic E-state index is 12.6. The summed E-state index contributed by atoms with van der Waals surface area (Å²) >= 11 is 0. The molecule has 1 saturated heterocycles. The zero-order valence-corrected chi connectivity index (χ0v) is 19.2. The smallest absolute Gasteiger partial charge is 0.249 e. The molecule has 32 heavy (non-hydrogen) atoms. The molecule has 170 valence electrons. The van der Waals surface area contributed by atoms with Gasteiger partial charge in [0.25, 0.3) is 0 Å². The molecule has 0 saturated carbocycles. The molecule has 6 nitrogen and oxygen atoms in total. The molecule has 0 aliphatic carbocycles. The third-order valence-corrected chi connectivity index (χ3v) is 5.98. The summed E-state index contributed by atoms with van der Waals surface area (Å²) in [5, 5.41) is 3.10. The highest BCUT2D eigenvalue weighted by Gasteiger charge is 2.26. The van der Waals surface area contributed by atoms with Gasteiger partial charge in [0.1, 0.15) is 17.7 Å². The predicted molar refractivity (Wildman–Crippen MR) is 126 cm³/mol. The van der Waals surface area contributed by atoms with Crippen LogP contribution in [0.4, 0.5) is 0 Å². The Balaban J connectivity index is 1.45. The minimum absolute atomic E-state index is 0.0535. The second-order valence-corrected chi connectivity index (χ2v) is 8.74.